The first kappa shape index (κ1) is 21.7. The lowest BCUT2D eigenvalue weighted by Gasteiger charge is -2.37. The average Bonchev–Trinajstić information content (AvgIpc) is 3.12. The number of hydrogen-bond donors (Lipinski definition) is 0. The number of nitriles is 1. The zero-order chi connectivity index (χ0) is 22.3. The number of allylic oxidation sites excluding steroid dienone is 3. The molecule has 30 heavy (non-hydrogen) atoms. The lowest BCUT2D eigenvalue weighted by atomic mass is 9.78. The van der Waals surface area contributed by atoms with Crippen molar-refractivity contribution in [3.05, 3.63) is 64.9 Å². The van der Waals surface area contributed by atoms with Gasteiger partial charge in [-0.3, -0.25) is 4.31 Å². The van der Waals surface area contributed by atoms with Gasteiger partial charge in [0.15, 0.2) is 0 Å². The van der Waals surface area contributed by atoms with Gasteiger partial charge in [0.2, 0.25) is 10.0 Å². The van der Waals surface area contributed by atoms with Crippen LogP contribution in [0, 0.1) is 17.2 Å². The molecule has 2 aliphatic rings. The fourth-order valence-corrected chi connectivity index (χ4v) is 5.32. The van der Waals surface area contributed by atoms with Crippen LogP contribution in [0.25, 0.3) is 0 Å². The molecular weight excluding hydrogens is 404 g/mol. The lowest BCUT2D eigenvalue weighted by Crippen LogP contribution is -2.42. The molecule has 7 nitrogen and oxygen atoms in total. The second-order valence-corrected chi connectivity index (χ2v) is 9.66. The van der Waals surface area contributed by atoms with Gasteiger partial charge in [0.05, 0.1) is 38.1 Å². The van der Waals surface area contributed by atoms with Crippen LogP contribution in [0.4, 0.5) is 0 Å². The normalized spacial score (nSPS) is 20.7. The Hall–Kier alpha value is -3.05. The summed E-state index contributed by atoms with van der Waals surface area (Å²) in [5.74, 6) is -0.188. The number of ether oxygens (including phenoxy) is 2. The van der Waals surface area contributed by atoms with Gasteiger partial charge in [0, 0.05) is 22.6 Å². The van der Waals surface area contributed by atoms with Crippen LogP contribution in [0.3, 0.4) is 0 Å². The van der Waals surface area contributed by atoms with Crippen LogP contribution in [0.5, 0.6) is 5.75 Å². The van der Waals surface area contributed by atoms with E-state index in [2.05, 4.69) is 6.07 Å². The van der Waals surface area contributed by atoms with Crippen molar-refractivity contribution in [3.8, 4) is 11.8 Å². The quantitative estimate of drug-likeness (QED) is 0.669. The highest BCUT2D eigenvalue weighted by molar-refractivity contribution is 7.88. The molecule has 1 aromatic rings. The standard InChI is InChI=1S/C22H24N2O5S/c1-22(2,18-12-16(28-3)8-9-17(18)21(25)29-4)20-11-15-7-6-14(13-23)10-19(15)24(20)30(5,26)27/h6-12,15,19H,1-5H3. The van der Waals surface area contributed by atoms with Crippen LogP contribution >= 0.6 is 0 Å². The number of sulfonamides is 1. The molecule has 0 spiro atoms. The molecule has 0 N–H and O–H groups in total. The number of methoxy groups -OCH3 is 2. The molecule has 158 valence electrons. The first-order valence-corrected chi connectivity index (χ1v) is 11.2. The summed E-state index contributed by atoms with van der Waals surface area (Å²) >= 11 is 0. The van der Waals surface area contributed by atoms with Gasteiger partial charge in [-0.25, -0.2) is 13.2 Å². The lowest BCUT2D eigenvalue weighted by molar-refractivity contribution is 0.0598. The van der Waals surface area contributed by atoms with E-state index in [-0.39, 0.29) is 5.92 Å². The fraction of sp³-hybridized carbons (Fsp3) is 0.364. The van der Waals surface area contributed by atoms with Crippen LogP contribution in [-0.2, 0) is 20.2 Å². The third kappa shape index (κ3) is 3.61. The van der Waals surface area contributed by atoms with Crippen LogP contribution in [0.15, 0.2) is 53.8 Å². The Labute approximate surface area is 176 Å². The highest BCUT2D eigenvalue weighted by atomic mass is 32.2. The summed E-state index contributed by atoms with van der Waals surface area (Å²) < 4.78 is 37.2. The van der Waals surface area contributed by atoms with Crippen molar-refractivity contribution < 1.29 is 22.7 Å². The van der Waals surface area contributed by atoms with E-state index in [1.165, 1.54) is 18.5 Å². The van der Waals surface area contributed by atoms with E-state index in [1.54, 1.807) is 30.4 Å². The maximum Gasteiger partial charge on any atom is 0.338 e. The monoisotopic (exact) mass is 428 g/mol. The number of nitrogens with zero attached hydrogens (tertiary/aromatic N) is 2. The van der Waals surface area contributed by atoms with Crippen molar-refractivity contribution in [2.24, 2.45) is 5.92 Å². The minimum absolute atomic E-state index is 0.210. The van der Waals surface area contributed by atoms with Gasteiger partial charge < -0.3 is 9.47 Å². The number of hydrogen-bond acceptors (Lipinski definition) is 6. The molecule has 0 fully saturated rings. The topological polar surface area (TPSA) is 96.7 Å². The molecule has 0 radical (unpaired) electrons. The molecule has 1 aliphatic carbocycles. The zero-order valence-corrected chi connectivity index (χ0v) is 18.4. The minimum atomic E-state index is -3.67. The predicted molar refractivity (Wildman–Crippen MR) is 112 cm³/mol. The SMILES string of the molecule is COC(=O)c1ccc(OC)cc1C(C)(C)C1=CC2C=CC(C#N)=CC2N1S(C)(=O)=O. The Morgan fingerprint density at radius 2 is 1.93 bits per heavy atom. The summed E-state index contributed by atoms with van der Waals surface area (Å²) in [5.41, 5.74) is 0.969. The van der Waals surface area contributed by atoms with Gasteiger partial charge in [0.25, 0.3) is 0 Å². The highest BCUT2D eigenvalue weighted by Crippen LogP contribution is 2.45. The largest absolute Gasteiger partial charge is 0.497 e. The molecule has 0 saturated carbocycles. The summed E-state index contributed by atoms with van der Waals surface area (Å²) in [5, 5.41) is 9.27. The van der Waals surface area contributed by atoms with E-state index in [4.69, 9.17) is 9.47 Å². The van der Waals surface area contributed by atoms with E-state index in [0.29, 0.717) is 28.1 Å². The molecule has 1 aliphatic heterocycles. The van der Waals surface area contributed by atoms with E-state index < -0.39 is 27.4 Å². The third-order valence-corrected chi connectivity index (χ3v) is 6.69. The minimum Gasteiger partial charge on any atom is -0.497 e. The molecule has 2 unspecified atom stereocenters. The molecular formula is C22H24N2O5S. The van der Waals surface area contributed by atoms with Crippen molar-refractivity contribution in [2.45, 2.75) is 25.3 Å². The third-order valence-electron chi connectivity index (χ3n) is 5.53. The molecule has 1 aromatic carbocycles. The molecule has 0 bridgehead atoms. The summed E-state index contributed by atoms with van der Waals surface area (Å²) in [6.45, 7) is 3.71. The van der Waals surface area contributed by atoms with Gasteiger partial charge in [-0.2, -0.15) is 5.26 Å². The van der Waals surface area contributed by atoms with E-state index in [1.807, 2.05) is 26.0 Å². The first-order valence-electron chi connectivity index (χ1n) is 9.33. The van der Waals surface area contributed by atoms with Gasteiger partial charge in [0.1, 0.15) is 5.75 Å². The Kier molecular flexibility index (Phi) is 5.52. The first-order chi connectivity index (χ1) is 14.0. The van der Waals surface area contributed by atoms with Crippen molar-refractivity contribution in [2.75, 3.05) is 20.5 Å². The second-order valence-electron chi connectivity index (χ2n) is 7.80. The number of rotatable bonds is 5. The van der Waals surface area contributed by atoms with Crippen LogP contribution < -0.4 is 4.74 Å². The Bertz CT molecular complexity index is 1120. The molecule has 0 aromatic heterocycles. The Morgan fingerprint density at radius 1 is 1.23 bits per heavy atom. The van der Waals surface area contributed by atoms with E-state index >= 15 is 0 Å². The van der Waals surface area contributed by atoms with Crippen LogP contribution in [-0.4, -0.2) is 45.2 Å². The predicted octanol–water partition coefficient (Wildman–Crippen LogP) is 2.92. The summed E-state index contributed by atoms with van der Waals surface area (Å²) in [6, 6.07) is 6.54. The van der Waals surface area contributed by atoms with Gasteiger partial charge in [-0.05, 0) is 35.9 Å². The van der Waals surface area contributed by atoms with Gasteiger partial charge in [-0.1, -0.05) is 26.0 Å². The zero-order valence-electron chi connectivity index (χ0n) is 17.5. The molecule has 1 heterocycles. The maximum absolute atomic E-state index is 12.8. The second kappa shape index (κ2) is 7.65. The van der Waals surface area contributed by atoms with Crippen molar-refractivity contribution in [1.29, 1.82) is 5.26 Å². The molecule has 0 amide bonds. The average molecular weight is 429 g/mol. The van der Waals surface area contributed by atoms with Gasteiger partial charge in [-0.15, -0.1) is 0 Å². The molecule has 0 saturated heterocycles. The molecule has 3 rings (SSSR count). The summed E-state index contributed by atoms with van der Waals surface area (Å²) in [7, 11) is -0.846. The van der Waals surface area contributed by atoms with Crippen molar-refractivity contribution >= 4 is 16.0 Å². The molecule has 2 atom stereocenters. The summed E-state index contributed by atoms with van der Waals surface area (Å²) in [4.78, 5) is 12.4. The number of fused-ring (bicyclic) bond motifs is 1. The number of carbonyl (C=O) groups excluding carboxylic acids is 1. The van der Waals surface area contributed by atoms with Crippen LogP contribution in [0.2, 0.25) is 0 Å². The Morgan fingerprint density at radius 3 is 2.50 bits per heavy atom. The highest BCUT2D eigenvalue weighted by Gasteiger charge is 2.45. The van der Waals surface area contributed by atoms with Crippen LogP contribution in [0.1, 0.15) is 29.8 Å². The summed E-state index contributed by atoms with van der Waals surface area (Å²) in [6.07, 6.45) is 8.21. The maximum atomic E-state index is 12.8. The van der Waals surface area contributed by atoms with Gasteiger partial charge >= 0.3 is 5.97 Å². The van der Waals surface area contributed by atoms with Crippen molar-refractivity contribution in [3.63, 3.8) is 0 Å². The number of benzene rings is 1. The smallest absolute Gasteiger partial charge is 0.338 e. The van der Waals surface area contributed by atoms with E-state index in [0.717, 1.165) is 6.26 Å². The fourth-order valence-electron chi connectivity index (χ4n) is 4.03. The molecule has 8 heteroatoms. The van der Waals surface area contributed by atoms with Crippen molar-refractivity contribution in [1.82, 2.24) is 4.31 Å². The number of carbonyl (C=O) groups is 1. The van der Waals surface area contributed by atoms with E-state index in [9.17, 15) is 18.5 Å². The Balaban J connectivity index is 2.21. The number of esters is 1.